The first kappa shape index (κ1) is 15.5. The van der Waals surface area contributed by atoms with Gasteiger partial charge >= 0.3 is 5.97 Å². The van der Waals surface area contributed by atoms with E-state index in [1.165, 1.54) is 6.92 Å². The monoisotopic (exact) mass is 395 g/mol. The molecule has 21 heavy (non-hydrogen) atoms. The van der Waals surface area contributed by atoms with Crippen LogP contribution in [0.1, 0.15) is 22.8 Å². The van der Waals surface area contributed by atoms with Gasteiger partial charge in [-0.3, -0.25) is 4.79 Å². The van der Waals surface area contributed by atoms with Gasteiger partial charge in [0.1, 0.15) is 0 Å². The van der Waals surface area contributed by atoms with Crippen LogP contribution >= 0.6 is 22.6 Å². The van der Waals surface area contributed by atoms with Gasteiger partial charge in [-0.25, -0.2) is 4.79 Å². The van der Waals surface area contributed by atoms with Crippen LogP contribution in [-0.4, -0.2) is 11.9 Å². The molecule has 2 aromatic rings. The molecular weight excluding hydrogens is 381 g/mol. The minimum absolute atomic E-state index is 0.219. The van der Waals surface area contributed by atoms with Crippen LogP contribution in [0.2, 0.25) is 0 Å². The summed E-state index contributed by atoms with van der Waals surface area (Å²) in [4.78, 5) is 23.3. The lowest BCUT2D eigenvalue weighted by atomic mass is 10.1. The van der Waals surface area contributed by atoms with Crippen molar-refractivity contribution in [1.82, 2.24) is 0 Å². The standard InChI is InChI=1S/C16H14INO3/c1-10-7-8-12(9-13(10)17)16(20)21-15-6-4-3-5-14(15)18-11(2)19/h3-9H,1-2H3,(H,18,19). The highest BCUT2D eigenvalue weighted by Crippen LogP contribution is 2.25. The van der Waals surface area contributed by atoms with E-state index in [2.05, 4.69) is 27.9 Å². The molecule has 0 fully saturated rings. The minimum atomic E-state index is -0.453. The van der Waals surface area contributed by atoms with Gasteiger partial charge in [-0.1, -0.05) is 18.2 Å². The smallest absolute Gasteiger partial charge is 0.343 e. The Morgan fingerprint density at radius 1 is 1.14 bits per heavy atom. The van der Waals surface area contributed by atoms with Crippen molar-refractivity contribution in [3.63, 3.8) is 0 Å². The first-order valence-corrected chi connectivity index (χ1v) is 7.40. The average molecular weight is 395 g/mol. The van der Waals surface area contributed by atoms with E-state index in [1.807, 2.05) is 13.0 Å². The molecule has 0 radical (unpaired) electrons. The van der Waals surface area contributed by atoms with E-state index in [0.717, 1.165) is 9.13 Å². The number of rotatable bonds is 3. The van der Waals surface area contributed by atoms with Gasteiger partial charge < -0.3 is 10.1 Å². The Kier molecular flexibility index (Phi) is 4.95. The number of hydrogen-bond donors (Lipinski definition) is 1. The topological polar surface area (TPSA) is 55.4 Å². The van der Waals surface area contributed by atoms with Crippen LogP contribution in [0.3, 0.4) is 0 Å². The second-order valence-electron chi connectivity index (χ2n) is 4.53. The zero-order chi connectivity index (χ0) is 15.4. The van der Waals surface area contributed by atoms with Crippen LogP contribution in [0.25, 0.3) is 0 Å². The summed E-state index contributed by atoms with van der Waals surface area (Å²) in [5, 5.41) is 2.63. The molecule has 0 heterocycles. The summed E-state index contributed by atoms with van der Waals surface area (Å²) in [6, 6.07) is 12.2. The van der Waals surface area contributed by atoms with Crippen molar-refractivity contribution in [2.24, 2.45) is 0 Å². The number of halogens is 1. The maximum Gasteiger partial charge on any atom is 0.343 e. The van der Waals surface area contributed by atoms with Gasteiger partial charge in [0.15, 0.2) is 5.75 Å². The predicted molar refractivity (Wildman–Crippen MR) is 89.6 cm³/mol. The predicted octanol–water partition coefficient (Wildman–Crippen LogP) is 3.78. The molecule has 4 nitrogen and oxygen atoms in total. The van der Waals surface area contributed by atoms with E-state index in [1.54, 1.807) is 36.4 Å². The highest BCUT2D eigenvalue weighted by molar-refractivity contribution is 14.1. The normalized spacial score (nSPS) is 10.0. The second-order valence-corrected chi connectivity index (χ2v) is 5.69. The third kappa shape index (κ3) is 4.04. The quantitative estimate of drug-likeness (QED) is 0.489. The van der Waals surface area contributed by atoms with E-state index >= 15 is 0 Å². The molecule has 2 aromatic carbocycles. The molecule has 5 heteroatoms. The Hall–Kier alpha value is -1.89. The Bertz CT molecular complexity index is 698. The molecular formula is C16H14INO3. The highest BCUT2D eigenvalue weighted by Gasteiger charge is 2.13. The summed E-state index contributed by atoms with van der Waals surface area (Å²) in [5.41, 5.74) is 2.05. The molecule has 0 bridgehead atoms. The lowest BCUT2D eigenvalue weighted by Crippen LogP contribution is -2.12. The van der Waals surface area contributed by atoms with Gasteiger partial charge in [-0.05, 0) is 59.3 Å². The van der Waals surface area contributed by atoms with Crippen molar-refractivity contribution in [2.45, 2.75) is 13.8 Å². The minimum Gasteiger partial charge on any atom is -0.421 e. The van der Waals surface area contributed by atoms with Crippen LogP contribution in [0, 0.1) is 10.5 Å². The number of benzene rings is 2. The Balaban J connectivity index is 2.23. The van der Waals surface area contributed by atoms with Crippen LogP contribution in [0.15, 0.2) is 42.5 Å². The molecule has 1 N–H and O–H groups in total. The summed E-state index contributed by atoms with van der Waals surface area (Å²) < 4.78 is 6.37. The Labute approximate surface area is 136 Å². The Morgan fingerprint density at radius 2 is 1.86 bits per heavy atom. The fraction of sp³-hybridized carbons (Fsp3) is 0.125. The van der Waals surface area contributed by atoms with Gasteiger partial charge in [-0.2, -0.15) is 0 Å². The number of amides is 1. The fourth-order valence-electron chi connectivity index (χ4n) is 1.73. The number of nitrogens with one attached hydrogen (secondary N) is 1. The molecule has 0 aliphatic heterocycles. The van der Waals surface area contributed by atoms with E-state index in [4.69, 9.17) is 4.74 Å². The van der Waals surface area contributed by atoms with Gasteiger partial charge in [0.25, 0.3) is 0 Å². The number of ether oxygens (including phenoxy) is 1. The summed E-state index contributed by atoms with van der Waals surface area (Å²) in [5.74, 6) is -0.345. The van der Waals surface area contributed by atoms with Crippen molar-refractivity contribution < 1.29 is 14.3 Å². The number of hydrogen-bond acceptors (Lipinski definition) is 3. The number of carbonyl (C=O) groups is 2. The van der Waals surface area contributed by atoms with Gasteiger partial charge in [0.05, 0.1) is 11.3 Å². The van der Waals surface area contributed by atoms with Crippen molar-refractivity contribution >= 4 is 40.2 Å². The van der Waals surface area contributed by atoms with Crippen molar-refractivity contribution in [1.29, 1.82) is 0 Å². The summed E-state index contributed by atoms with van der Waals surface area (Å²) in [6.07, 6.45) is 0. The molecule has 0 spiro atoms. The molecule has 0 saturated heterocycles. The zero-order valence-corrected chi connectivity index (χ0v) is 13.8. The third-order valence-electron chi connectivity index (χ3n) is 2.81. The number of para-hydroxylation sites is 2. The van der Waals surface area contributed by atoms with Crippen LogP contribution < -0.4 is 10.1 Å². The maximum absolute atomic E-state index is 12.2. The number of esters is 1. The third-order valence-corrected chi connectivity index (χ3v) is 3.97. The molecule has 0 aliphatic carbocycles. The molecule has 108 valence electrons. The van der Waals surface area contributed by atoms with Crippen LogP contribution in [-0.2, 0) is 4.79 Å². The van der Waals surface area contributed by atoms with Crippen LogP contribution in [0.4, 0.5) is 5.69 Å². The van der Waals surface area contributed by atoms with Gasteiger partial charge in [0, 0.05) is 10.5 Å². The van der Waals surface area contributed by atoms with E-state index < -0.39 is 5.97 Å². The lowest BCUT2D eigenvalue weighted by molar-refractivity contribution is -0.114. The van der Waals surface area contributed by atoms with E-state index in [0.29, 0.717) is 17.0 Å². The summed E-state index contributed by atoms with van der Waals surface area (Å²) in [7, 11) is 0. The molecule has 1 amide bonds. The highest BCUT2D eigenvalue weighted by atomic mass is 127. The van der Waals surface area contributed by atoms with Crippen molar-refractivity contribution in [3.8, 4) is 5.75 Å². The zero-order valence-electron chi connectivity index (χ0n) is 11.6. The molecule has 0 aromatic heterocycles. The second kappa shape index (κ2) is 6.71. The summed E-state index contributed by atoms with van der Waals surface area (Å²) >= 11 is 2.17. The largest absolute Gasteiger partial charge is 0.421 e. The lowest BCUT2D eigenvalue weighted by Gasteiger charge is -2.10. The van der Waals surface area contributed by atoms with Crippen molar-refractivity contribution in [2.75, 3.05) is 5.32 Å². The summed E-state index contributed by atoms with van der Waals surface area (Å²) in [6.45, 7) is 3.38. The number of anilines is 1. The first-order chi connectivity index (χ1) is 9.97. The number of carbonyl (C=O) groups excluding carboxylic acids is 2. The fourth-order valence-corrected chi connectivity index (χ4v) is 2.24. The molecule has 2 rings (SSSR count). The van der Waals surface area contributed by atoms with E-state index in [-0.39, 0.29) is 5.91 Å². The SMILES string of the molecule is CC(=O)Nc1ccccc1OC(=O)c1ccc(C)c(I)c1. The molecule has 0 unspecified atom stereocenters. The Morgan fingerprint density at radius 3 is 2.52 bits per heavy atom. The van der Waals surface area contributed by atoms with Crippen LogP contribution in [0.5, 0.6) is 5.75 Å². The van der Waals surface area contributed by atoms with E-state index in [9.17, 15) is 9.59 Å². The van der Waals surface area contributed by atoms with Gasteiger partial charge in [0.2, 0.25) is 5.91 Å². The molecule has 0 aliphatic rings. The van der Waals surface area contributed by atoms with Crippen molar-refractivity contribution in [3.05, 3.63) is 57.2 Å². The molecule has 0 atom stereocenters. The van der Waals surface area contributed by atoms with Gasteiger partial charge in [-0.15, -0.1) is 0 Å². The maximum atomic E-state index is 12.2. The molecule has 0 saturated carbocycles. The number of aryl methyl sites for hydroxylation is 1. The first-order valence-electron chi connectivity index (χ1n) is 6.32. The average Bonchev–Trinajstić information content (AvgIpc) is 2.43.